The highest BCUT2D eigenvalue weighted by molar-refractivity contribution is 6.01. The third kappa shape index (κ3) is 4.94. The zero-order valence-corrected chi connectivity index (χ0v) is 20.8. The summed E-state index contributed by atoms with van der Waals surface area (Å²) in [6, 6.07) is 23.7. The predicted molar refractivity (Wildman–Crippen MR) is 145 cm³/mol. The number of pyridine rings is 1. The van der Waals surface area contributed by atoms with E-state index in [9.17, 15) is 9.18 Å². The van der Waals surface area contributed by atoms with E-state index in [0.29, 0.717) is 35.8 Å². The summed E-state index contributed by atoms with van der Waals surface area (Å²) in [5.41, 5.74) is 13.1. The van der Waals surface area contributed by atoms with Crippen LogP contribution in [0.3, 0.4) is 0 Å². The number of anilines is 2. The van der Waals surface area contributed by atoms with Gasteiger partial charge in [0, 0.05) is 30.5 Å². The Morgan fingerprint density at radius 2 is 1.65 bits per heavy atom. The Labute approximate surface area is 215 Å². The molecule has 7 heteroatoms. The number of aryl methyl sites for hydroxylation is 2. The number of aromatic nitrogens is 2. The number of hydrogen-bond donors (Lipinski definition) is 3. The number of fused-ring (bicyclic) bond motifs is 1. The van der Waals surface area contributed by atoms with E-state index in [1.165, 1.54) is 12.1 Å². The third-order valence-corrected chi connectivity index (χ3v) is 6.42. The van der Waals surface area contributed by atoms with Crippen LogP contribution in [-0.4, -0.2) is 15.3 Å². The second-order valence-corrected chi connectivity index (χ2v) is 9.03. The van der Waals surface area contributed by atoms with Crippen LogP contribution in [0, 0.1) is 19.7 Å². The van der Waals surface area contributed by atoms with Crippen molar-refractivity contribution in [1.82, 2.24) is 14.7 Å². The summed E-state index contributed by atoms with van der Waals surface area (Å²) in [4.78, 5) is 18.2. The molecule has 0 unspecified atom stereocenters. The summed E-state index contributed by atoms with van der Waals surface area (Å²) in [5, 5.41) is 6.54. The maximum Gasteiger partial charge on any atom is 0.255 e. The second-order valence-electron chi connectivity index (χ2n) is 9.03. The average Bonchev–Trinajstić information content (AvgIpc) is 3.28. The first-order valence-electron chi connectivity index (χ1n) is 12.1. The molecule has 3 aromatic carbocycles. The number of carbonyl (C=O) groups excluding carboxylic acids is 1. The zero-order chi connectivity index (χ0) is 25.9. The Morgan fingerprint density at radius 1 is 0.946 bits per heavy atom. The number of para-hydroxylation sites is 1. The van der Waals surface area contributed by atoms with Crippen molar-refractivity contribution in [3.8, 4) is 11.3 Å². The van der Waals surface area contributed by atoms with Crippen LogP contribution in [0.4, 0.5) is 15.9 Å². The molecule has 6 nitrogen and oxygen atoms in total. The van der Waals surface area contributed by atoms with E-state index in [-0.39, 0.29) is 11.7 Å². The van der Waals surface area contributed by atoms with Gasteiger partial charge in [-0.15, -0.1) is 0 Å². The molecule has 0 radical (unpaired) electrons. The predicted octanol–water partition coefficient (Wildman–Crippen LogP) is 5.89. The summed E-state index contributed by atoms with van der Waals surface area (Å²) in [5.74, 6) is 0.137. The molecule has 0 saturated carbocycles. The molecule has 37 heavy (non-hydrogen) atoms. The van der Waals surface area contributed by atoms with E-state index in [0.717, 1.165) is 33.5 Å². The largest absolute Gasteiger partial charge is 0.348 e. The fraction of sp³-hybridized carbons (Fsp3) is 0.133. The summed E-state index contributed by atoms with van der Waals surface area (Å²) in [6.07, 6.45) is 1.87. The first kappa shape index (κ1) is 24.2. The van der Waals surface area contributed by atoms with Crippen LogP contribution in [0.1, 0.15) is 32.6 Å². The number of benzene rings is 3. The molecule has 0 aliphatic heterocycles. The van der Waals surface area contributed by atoms with Crippen LogP contribution in [-0.2, 0) is 13.1 Å². The SMILES string of the molecule is Cc1cccc(C)c1Nc1c(-c2ccc(F)cc2)nc2c(C(=O)NCc3cccc(CN)c3)cccn12. The van der Waals surface area contributed by atoms with E-state index >= 15 is 0 Å². The topological polar surface area (TPSA) is 84.5 Å². The monoisotopic (exact) mass is 493 g/mol. The van der Waals surface area contributed by atoms with Gasteiger partial charge in [0.2, 0.25) is 0 Å². The van der Waals surface area contributed by atoms with Crippen LogP contribution in [0.5, 0.6) is 0 Å². The number of rotatable bonds is 7. The molecule has 5 rings (SSSR count). The fourth-order valence-corrected chi connectivity index (χ4v) is 4.45. The van der Waals surface area contributed by atoms with Gasteiger partial charge in [0.05, 0.1) is 5.56 Å². The number of nitrogens with zero attached hydrogens (tertiary/aromatic N) is 2. The zero-order valence-electron chi connectivity index (χ0n) is 20.8. The Hall–Kier alpha value is -4.49. The van der Waals surface area contributed by atoms with Crippen molar-refractivity contribution < 1.29 is 9.18 Å². The standard InChI is InChI=1S/C30H28FN5O/c1-19-6-3-7-20(2)26(19)34-29-27(23-11-13-24(31)14-12-23)35-28-25(10-5-15-36(28)29)30(37)33-18-22-9-4-8-21(16-22)17-32/h3-16,34H,17-18,32H2,1-2H3,(H,33,37). The number of hydrogen-bond acceptors (Lipinski definition) is 4. The highest BCUT2D eigenvalue weighted by atomic mass is 19.1. The maximum atomic E-state index is 13.7. The fourth-order valence-electron chi connectivity index (χ4n) is 4.45. The van der Waals surface area contributed by atoms with Crippen LogP contribution < -0.4 is 16.4 Å². The quantitative estimate of drug-likeness (QED) is 0.264. The number of nitrogens with one attached hydrogen (secondary N) is 2. The number of carbonyl (C=O) groups is 1. The molecule has 0 aliphatic carbocycles. The van der Waals surface area contributed by atoms with Gasteiger partial charge in [0.15, 0.2) is 5.65 Å². The highest BCUT2D eigenvalue weighted by Crippen LogP contribution is 2.34. The Morgan fingerprint density at radius 3 is 2.38 bits per heavy atom. The lowest BCUT2D eigenvalue weighted by Gasteiger charge is -2.14. The second kappa shape index (κ2) is 10.2. The van der Waals surface area contributed by atoms with Crippen LogP contribution in [0.15, 0.2) is 85.1 Å². The van der Waals surface area contributed by atoms with E-state index in [1.807, 2.05) is 73.0 Å². The molecule has 0 fully saturated rings. The smallest absolute Gasteiger partial charge is 0.255 e. The van der Waals surface area contributed by atoms with Crippen LogP contribution >= 0.6 is 0 Å². The van der Waals surface area contributed by atoms with Gasteiger partial charge in [-0.1, -0.05) is 42.5 Å². The summed E-state index contributed by atoms with van der Waals surface area (Å²) in [7, 11) is 0. The third-order valence-electron chi connectivity index (χ3n) is 6.42. The van der Waals surface area contributed by atoms with Gasteiger partial charge >= 0.3 is 0 Å². The molecule has 0 aliphatic rings. The van der Waals surface area contributed by atoms with Crippen molar-refractivity contribution in [3.63, 3.8) is 0 Å². The lowest BCUT2D eigenvalue weighted by atomic mass is 10.1. The molecular weight excluding hydrogens is 465 g/mol. The lowest BCUT2D eigenvalue weighted by molar-refractivity contribution is 0.0952. The van der Waals surface area contributed by atoms with Crippen LogP contribution in [0.2, 0.25) is 0 Å². The first-order chi connectivity index (χ1) is 17.9. The summed E-state index contributed by atoms with van der Waals surface area (Å²) in [6.45, 7) is 4.88. The van der Waals surface area contributed by atoms with E-state index in [4.69, 9.17) is 10.7 Å². The molecule has 2 aromatic heterocycles. The minimum atomic E-state index is -0.324. The molecule has 0 atom stereocenters. The molecule has 4 N–H and O–H groups in total. The highest BCUT2D eigenvalue weighted by Gasteiger charge is 2.20. The molecule has 1 amide bonds. The molecule has 2 heterocycles. The van der Waals surface area contributed by atoms with Gasteiger partial charge < -0.3 is 16.4 Å². The van der Waals surface area contributed by atoms with Crippen molar-refractivity contribution in [2.24, 2.45) is 5.73 Å². The van der Waals surface area contributed by atoms with Gasteiger partial charge in [-0.25, -0.2) is 9.37 Å². The first-order valence-corrected chi connectivity index (χ1v) is 12.1. The van der Waals surface area contributed by atoms with Crippen molar-refractivity contribution in [1.29, 1.82) is 0 Å². The van der Waals surface area contributed by atoms with Gasteiger partial charge in [-0.05, 0) is 72.5 Å². The van der Waals surface area contributed by atoms with Gasteiger partial charge in [0.1, 0.15) is 17.3 Å². The number of halogens is 1. The minimum absolute atomic E-state index is 0.238. The van der Waals surface area contributed by atoms with Crippen molar-refractivity contribution in [2.45, 2.75) is 26.9 Å². The Bertz CT molecular complexity index is 1570. The van der Waals surface area contributed by atoms with Gasteiger partial charge in [0.25, 0.3) is 5.91 Å². The number of nitrogens with two attached hydrogens (primary N) is 1. The Balaban J connectivity index is 1.57. The molecule has 186 valence electrons. The molecule has 5 aromatic rings. The lowest BCUT2D eigenvalue weighted by Crippen LogP contribution is -2.23. The van der Waals surface area contributed by atoms with Crippen molar-refractivity contribution in [2.75, 3.05) is 5.32 Å². The minimum Gasteiger partial charge on any atom is -0.348 e. The van der Waals surface area contributed by atoms with Crippen molar-refractivity contribution in [3.05, 3.63) is 119 Å². The van der Waals surface area contributed by atoms with Gasteiger partial charge in [-0.2, -0.15) is 0 Å². The van der Waals surface area contributed by atoms with E-state index in [1.54, 1.807) is 18.2 Å². The number of amides is 1. The molecule has 0 bridgehead atoms. The maximum absolute atomic E-state index is 13.7. The molecular formula is C30H28FN5O. The van der Waals surface area contributed by atoms with Gasteiger partial charge in [-0.3, -0.25) is 9.20 Å². The van der Waals surface area contributed by atoms with Crippen molar-refractivity contribution >= 4 is 23.1 Å². The molecule has 0 spiro atoms. The normalized spacial score (nSPS) is 11.0. The Kier molecular flexibility index (Phi) is 6.70. The molecule has 0 saturated heterocycles. The summed E-state index contributed by atoms with van der Waals surface area (Å²) >= 11 is 0. The summed E-state index contributed by atoms with van der Waals surface area (Å²) < 4.78 is 15.6. The van der Waals surface area contributed by atoms with Crippen LogP contribution in [0.25, 0.3) is 16.9 Å². The van der Waals surface area contributed by atoms with E-state index in [2.05, 4.69) is 10.6 Å². The number of imidazole rings is 1. The average molecular weight is 494 g/mol. The van der Waals surface area contributed by atoms with E-state index < -0.39 is 0 Å².